The van der Waals surface area contributed by atoms with Gasteiger partial charge in [0.15, 0.2) is 0 Å². The monoisotopic (exact) mass is 260 g/mol. The van der Waals surface area contributed by atoms with E-state index in [-0.39, 0.29) is 0 Å². The van der Waals surface area contributed by atoms with Crippen LogP contribution in [0, 0.1) is 23.2 Å². The van der Waals surface area contributed by atoms with Gasteiger partial charge in [-0.05, 0) is 42.2 Å². The number of hydrogen-bond acceptors (Lipinski definition) is 2. The van der Waals surface area contributed by atoms with Crippen molar-refractivity contribution in [3.05, 3.63) is 65.5 Å². The number of benzene rings is 1. The molecule has 0 saturated heterocycles. The number of aromatic nitrogens is 1. The molecule has 2 nitrogen and oxygen atoms in total. The molecule has 20 heavy (non-hydrogen) atoms. The molecule has 1 N–H and O–H groups in total. The summed E-state index contributed by atoms with van der Waals surface area (Å²) in [6.07, 6.45) is 6.67. The maximum atomic E-state index is 8.15. The lowest BCUT2D eigenvalue weighted by Crippen LogP contribution is -2.03. The van der Waals surface area contributed by atoms with Gasteiger partial charge in [-0.1, -0.05) is 30.0 Å². The van der Waals surface area contributed by atoms with E-state index in [1.54, 1.807) is 6.20 Å². The number of pyridine rings is 1. The molecule has 1 aromatic carbocycles. The van der Waals surface area contributed by atoms with Crippen molar-refractivity contribution in [3.63, 3.8) is 0 Å². The van der Waals surface area contributed by atoms with Crippen molar-refractivity contribution in [2.75, 3.05) is 0 Å². The Morgan fingerprint density at radius 1 is 1.20 bits per heavy atom. The average Bonchev–Trinajstić information content (AvgIpc) is 3.31. The van der Waals surface area contributed by atoms with Crippen molar-refractivity contribution < 1.29 is 0 Å². The number of nitrogens with zero attached hydrogens (tertiary/aromatic N) is 1. The van der Waals surface area contributed by atoms with Gasteiger partial charge in [0, 0.05) is 36.0 Å². The Kier molecular flexibility index (Phi) is 3.60. The Balaban J connectivity index is 1.68. The number of nitrogens with one attached hydrogen (secondary N) is 1. The van der Waals surface area contributed by atoms with Gasteiger partial charge in [-0.2, -0.15) is 0 Å². The number of hydrogen-bond donors (Lipinski definition) is 1. The lowest BCUT2D eigenvalue weighted by Gasteiger charge is -2.04. The molecular formula is C18H16N2. The lowest BCUT2D eigenvalue weighted by molar-refractivity contribution is 1.18. The van der Waals surface area contributed by atoms with Crippen molar-refractivity contribution in [2.45, 2.75) is 19.3 Å². The Morgan fingerprint density at radius 3 is 2.65 bits per heavy atom. The second-order valence-electron chi connectivity index (χ2n) is 5.14. The molecule has 0 atom stereocenters. The Hall–Kier alpha value is -2.40. The van der Waals surface area contributed by atoms with E-state index in [2.05, 4.69) is 16.8 Å². The van der Waals surface area contributed by atoms with Gasteiger partial charge in [-0.25, -0.2) is 0 Å². The minimum Gasteiger partial charge on any atom is -0.304 e. The highest BCUT2D eigenvalue weighted by Crippen LogP contribution is 2.27. The fourth-order valence-corrected chi connectivity index (χ4v) is 1.98. The Bertz CT molecular complexity index is 656. The molecule has 0 amide bonds. The minimum absolute atomic E-state index is 0.611. The average molecular weight is 260 g/mol. The van der Waals surface area contributed by atoms with E-state index in [9.17, 15) is 0 Å². The zero-order valence-corrected chi connectivity index (χ0v) is 11.3. The van der Waals surface area contributed by atoms with Gasteiger partial charge in [-0.3, -0.25) is 4.98 Å². The predicted molar refractivity (Wildman–Crippen MR) is 80.8 cm³/mol. The van der Waals surface area contributed by atoms with Gasteiger partial charge in [0.1, 0.15) is 0 Å². The molecule has 0 spiro atoms. The summed E-state index contributed by atoms with van der Waals surface area (Å²) in [4.78, 5) is 4.08. The molecule has 1 aliphatic carbocycles. The van der Waals surface area contributed by atoms with Crippen LogP contribution in [0.15, 0.2) is 48.8 Å². The topological polar surface area (TPSA) is 36.7 Å². The summed E-state index contributed by atoms with van der Waals surface area (Å²) in [7, 11) is 0. The fourth-order valence-electron chi connectivity index (χ4n) is 1.98. The summed E-state index contributed by atoms with van der Waals surface area (Å²) < 4.78 is 0. The zero-order chi connectivity index (χ0) is 13.8. The third kappa shape index (κ3) is 3.33. The molecule has 3 rings (SSSR count). The van der Waals surface area contributed by atoms with E-state index in [0.29, 0.717) is 18.1 Å². The standard InChI is InChI=1S/C18H16N2/c19-18(12-16-2-1-11-20-13-16)17-9-7-15(8-10-17)6-5-14-3-4-14/h1-2,7-11,13-14,19H,3-4,12H2. The van der Waals surface area contributed by atoms with Gasteiger partial charge in [0.2, 0.25) is 0 Å². The van der Waals surface area contributed by atoms with E-state index in [0.717, 1.165) is 16.7 Å². The minimum atomic E-state index is 0.611. The van der Waals surface area contributed by atoms with E-state index < -0.39 is 0 Å². The fraction of sp³-hybridized carbons (Fsp3) is 0.222. The molecule has 1 aliphatic rings. The number of rotatable bonds is 3. The van der Waals surface area contributed by atoms with Crippen molar-refractivity contribution in [1.82, 2.24) is 4.98 Å². The molecule has 1 fully saturated rings. The van der Waals surface area contributed by atoms with E-state index in [4.69, 9.17) is 5.41 Å². The van der Waals surface area contributed by atoms with Gasteiger partial charge >= 0.3 is 0 Å². The third-order valence-corrected chi connectivity index (χ3v) is 3.34. The summed E-state index contributed by atoms with van der Waals surface area (Å²) in [5, 5.41) is 8.15. The highest BCUT2D eigenvalue weighted by atomic mass is 14.6. The lowest BCUT2D eigenvalue weighted by atomic mass is 10.0. The summed E-state index contributed by atoms with van der Waals surface area (Å²) in [5.74, 6) is 7.07. The van der Waals surface area contributed by atoms with Crippen LogP contribution >= 0.6 is 0 Å². The first-order chi connectivity index (χ1) is 9.81. The van der Waals surface area contributed by atoms with Gasteiger partial charge in [-0.15, -0.1) is 0 Å². The largest absolute Gasteiger partial charge is 0.304 e. The molecular weight excluding hydrogens is 244 g/mol. The predicted octanol–water partition coefficient (Wildman–Crippen LogP) is 3.45. The van der Waals surface area contributed by atoms with E-state index in [1.807, 2.05) is 42.6 Å². The first-order valence-electron chi connectivity index (χ1n) is 6.89. The summed E-state index contributed by atoms with van der Waals surface area (Å²) in [5.41, 5.74) is 3.66. The second kappa shape index (κ2) is 5.71. The van der Waals surface area contributed by atoms with Crippen molar-refractivity contribution in [1.29, 1.82) is 5.41 Å². The van der Waals surface area contributed by atoms with Crippen LogP contribution < -0.4 is 0 Å². The van der Waals surface area contributed by atoms with Crippen LogP contribution in [-0.2, 0) is 6.42 Å². The van der Waals surface area contributed by atoms with Crippen LogP contribution in [0.5, 0.6) is 0 Å². The van der Waals surface area contributed by atoms with Crippen LogP contribution in [0.25, 0.3) is 0 Å². The summed E-state index contributed by atoms with van der Waals surface area (Å²) in [6.45, 7) is 0. The first kappa shape index (κ1) is 12.6. The molecule has 1 saturated carbocycles. The molecule has 0 unspecified atom stereocenters. The van der Waals surface area contributed by atoms with Gasteiger partial charge in [0.25, 0.3) is 0 Å². The quantitative estimate of drug-likeness (QED) is 0.666. The molecule has 2 heteroatoms. The highest BCUT2D eigenvalue weighted by molar-refractivity contribution is 5.99. The third-order valence-electron chi connectivity index (χ3n) is 3.34. The van der Waals surface area contributed by atoms with Gasteiger partial charge < -0.3 is 5.41 Å². The maximum Gasteiger partial charge on any atom is 0.0430 e. The molecule has 2 aromatic rings. The van der Waals surface area contributed by atoms with Crippen LogP contribution in [0.3, 0.4) is 0 Å². The molecule has 0 aliphatic heterocycles. The van der Waals surface area contributed by atoms with Crippen LogP contribution in [0.1, 0.15) is 29.5 Å². The van der Waals surface area contributed by atoms with Crippen molar-refractivity contribution in [3.8, 4) is 11.8 Å². The molecule has 98 valence electrons. The van der Waals surface area contributed by atoms with E-state index in [1.165, 1.54) is 12.8 Å². The van der Waals surface area contributed by atoms with Crippen LogP contribution in [0.2, 0.25) is 0 Å². The Morgan fingerprint density at radius 2 is 2.00 bits per heavy atom. The van der Waals surface area contributed by atoms with Crippen molar-refractivity contribution in [2.24, 2.45) is 5.92 Å². The van der Waals surface area contributed by atoms with Crippen molar-refractivity contribution >= 4 is 5.71 Å². The zero-order valence-electron chi connectivity index (χ0n) is 11.3. The molecule has 0 radical (unpaired) electrons. The van der Waals surface area contributed by atoms with Crippen LogP contribution in [0.4, 0.5) is 0 Å². The normalized spacial score (nSPS) is 13.4. The Labute approximate surface area is 119 Å². The van der Waals surface area contributed by atoms with E-state index >= 15 is 0 Å². The molecule has 1 heterocycles. The van der Waals surface area contributed by atoms with Gasteiger partial charge in [0.05, 0.1) is 0 Å². The van der Waals surface area contributed by atoms with Crippen LogP contribution in [-0.4, -0.2) is 10.7 Å². The molecule has 0 bridgehead atoms. The smallest absolute Gasteiger partial charge is 0.0430 e. The SMILES string of the molecule is N=C(Cc1cccnc1)c1ccc(C#CC2CC2)cc1. The summed E-state index contributed by atoms with van der Waals surface area (Å²) >= 11 is 0. The highest BCUT2D eigenvalue weighted by Gasteiger charge is 2.17. The maximum absolute atomic E-state index is 8.15. The first-order valence-corrected chi connectivity index (χ1v) is 6.89. The second-order valence-corrected chi connectivity index (χ2v) is 5.14. The molecule has 1 aromatic heterocycles. The summed E-state index contributed by atoms with van der Waals surface area (Å²) in [6, 6.07) is 11.9.